The summed E-state index contributed by atoms with van der Waals surface area (Å²) in [6.45, 7) is 9.40. The van der Waals surface area contributed by atoms with Gasteiger partial charge in [0.2, 0.25) is 0 Å². The van der Waals surface area contributed by atoms with Crippen LogP contribution in [0, 0.1) is 11.8 Å². The minimum absolute atomic E-state index is 0.0479. The Kier molecular flexibility index (Phi) is 5.95. The van der Waals surface area contributed by atoms with E-state index in [2.05, 4.69) is 40.6 Å². The van der Waals surface area contributed by atoms with Crippen LogP contribution in [0.5, 0.6) is 0 Å². The summed E-state index contributed by atoms with van der Waals surface area (Å²) < 4.78 is 8.42. The van der Waals surface area contributed by atoms with Crippen LogP contribution in [0.15, 0.2) is 6.33 Å². The van der Waals surface area contributed by atoms with Crippen molar-refractivity contribution in [2.45, 2.75) is 52.9 Å². The Labute approximate surface area is 166 Å². The first kappa shape index (κ1) is 19.9. The highest BCUT2D eigenvalue weighted by Crippen LogP contribution is 2.41. The zero-order valence-corrected chi connectivity index (χ0v) is 17.9. The van der Waals surface area contributed by atoms with Gasteiger partial charge in [-0.2, -0.15) is 0 Å². The summed E-state index contributed by atoms with van der Waals surface area (Å²) in [5.74, 6) is 2.43. The average Bonchev–Trinajstić information content (AvgIpc) is 3.20. The Balaban J connectivity index is 1.95. The summed E-state index contributed by atoms with van der Waals surface area (Å²) >= 11 is 5.23. The molecule has 0 unspecified atom stereocenters. The standard InChI is InChI=1S/C19H30N6OS/c1-7-14-11(2)12(3)19(26-14)25-10-21-16-17(20-5)22-15(23-18(16)25)8-9-24(6)13(4)27/h10-12,14,19H,7-9H2,1-6H3,(H,20,22,23)/t11-,12+,14+,19+/m0/s1. The predicted molar refractivity (Wildman–Crippen MR) is 112 cm³/mol. The molecule has 1 aliphatic rings. The number of ether oxygens (including phenoxy) is 1. The molecule has 3 heterocycles. The summed E-state index contributed by atoms with van der Waals surface area (Å²) in [5, 5.41) is 3.16. The van der Waals surface area contributed by atoms with E-state index >= 15 is 0 Å². The molecule has 0 saturated carbocycles. The molecule has 0 aromatic carbocycles. The van der Waals surface area contributed by atoms with E-state index in [0.717, 1.165) is 47.2 Å². The Hall–Kier alpha value is -1.80. The van der Waals surface area contributed by atoms with Crippen LogP contribution in [-0.2, 0) is 11.2 Å². The average molecular weight is 391 g/mol. The van der Waals surface area contributed by atoms with Crippen molar-refractivity contribution in [3.8, 4) is 0 Å². The highest BCUT2D eigenvalue weighted by atomic mass is 32.1. The molecule has 0 amide bonds. The lowest BCUT2D eigenvalue weighted by Crippen LogP contribution is -2.25. The third-order valence-corrected chi connectivity index (χ3v) is 6.08. The molecule has 7 nitrogen and oxygen atoms in total. The van der Waals surface area contributed by atoms with Crippen molar-refractivity contribution >= 4 is 34.2 Å². The van der Waals surface area contributed by atoms with Crippen LogP contribution in [0.2, 0.25) is 0 Å². The molecule has 0 bridgehead atoms. The second-order valence-electron chi connectivity index (χ2n) is 7.44. The van der Waals surface area contributed by atoms with E-state index in [1.54, 1.807) is 0 Å². The molecule has 1 N–H and O–H groups in total. The first-order valence-corrected chi connectivity index (χ1v) is 10.1. The topological polar surface area (TPSA) is 68.1 Å². The van der Waals surface area contributed by atoms with Gasteiger partial charge in [0.1, 0.15) is 12.1 Å². The molecule has 0 spiro atoms. The lowest BCUT2D eigenvalue weighted by atomic mass is 9.91. The van der Waals surface area contributed by atoms with Crippen molar-refractivity contribution in [1.29, 1.82) is 0 Å². The van der Waals surface area contributed by atoms with E-state index in [-0.39, 0.29) is 12.3 Å². The van der Waals surface area contributed by atoms with E-state index in [1.807, 2.05) is 32.2 Å². The number of imidazole rings is 1. The molecule has 0 aliphatic carbocycles. The number of nitrogens with zero attached hydrogens (tertiary/aromatic N) is 5. The van der Waals surface area contributed by atoms with Crippen LogP contribution in [0.1, 0.15) is 46.2 Å². The van der Waals surface area contributed by atoms with Crippen molar-refractivity contribution in [2.24, 2.45) is 11.8 Å². The fourth-order valence-corrected chi connectivity index (χ4v) is 3.76. The van der Waals surface area contributed by atoms with Gasteiger partial charge in [-0.25, -0.2) is 15.0 Å². The molecule has 4 atom stereocenters. The second kappa shape index (κ2) is 8.06. The Bertz CT molecular complexity index is 822. The highest BCUT2D eigenvalue weighted by Gasteiger charge is 2.39. The normalized spacial score (nSPS) is 25.1. The maximum Gasteiger partial charge on any atom is 0.167 e. The van der Waals surface area contributed by atoms with Gasteiger partial charge in [0, 0.05) is 33.0 Å². The molecule has 2 aromatic heterocycles. The summed E-state index contributed by atoms with van der Waals surface area (Å²) in [6.07, 6.45) is 3.79. The number of likely N-dealkylation sites (N-methyl/N-ethyl adjacent to an activating group) is 1. The number of fused-ring (bicyclic) bond motifs is 1. The van der Waals surface area contributed by atoms with E-state index < -0.39 is 0 Å². The fraction of sp³-hybridized carbons (Fsp3) is 0.684. The SMILES string of the molecule is CC[C@H]1O[C@@H](n2cnc3c(NC)nc(CCN(C)C(C)=S)nc32)[C@H](C)[C@@H]1C. The maximum absolute atomic E-state index is 6.35. The summed E-state index contributed by atoms with van der Waals surface area (Å²) in [7, 11) is 3.85. The largest absolute Gasteiger partial charge is 0.371 e. The van der Waals surface area contributed by atoms with Crippen LogP contribution >= 0.6 is 12.2 Å². The molecular formula is C19H30N6OS. The quantitative estimate of drug-likeness (QED) is 0.759. The third-order valence-electron chi connectivity index (χ3n) is 5.77. The van der Waals surface area contributed by atoms with Gasteiger partial charge < -0.3 is 15.0 Å². The molecule has 2 aromatic rings. The van der Waals surface area contributed by atoms with Gasteiger partial charge in [0.15, 0.2) is 17.0 Å². The van der Waals surface area contributed by atoms with Crippen LogP contribution in [-0.4, -0.2) is 56.2 Å². The Morgan fingerprint density at radius 2 is 2.07 bits per heavy atom. The number of hydrogen-bond donors (Lipinski definition) is 1. The number of anilines is 1. The van der Waals surface area contributed by atoms with E-state index in [1.165, 1.54) is 0 Å². The molecule has 1 saturated heterocycles. The third kappa shape index (κ3) is 3.78. The number of thiocarbonyl (C=S) groups is 1. The minimum Gasteiger partial charge on any atom is -0.371 e. The summed E-state index contributed by atoms with van der Waals surface area (Å²) in [6, 6.07) is 0. The molecule has 8 heteroatoms. The zero-order valence-electron chi connectivity index (χ0n) is 17.1. The van der Waals surface area contributed by atoms with Crippen molar-refractivity contribution in [3.05, 3.63) is 12.2 Å². The molecule has 27 heavy (non-hydrogen) atoms. The Morgan fingerprint density at radius 1 is 1.33 bits per heavy atom. The van der Waals surface area contributed by atoms with Crippen LogP contribution < -0.4 is 5.32 Å². The Morgan fingerprint density at radius 3 is 2.67 bits per heavy atom. The second-order valence-corrected chi connectivity index (χ2v) is 8.04. The molecule has 148 valence electrons. The van der Waals surface area contributed by atoms with Crippen molar-refractivity contribution in [2.75, 3.05) is 26.0 Å². The van der Waals surface area contributed by atoms with Gasteiger partial charge in [-0.1, -0.05) is 33.0 Å². The number of aromatic nitrogens is 4. The summed E-state index contributed by atoms with van der Waals surface area (Å²) in [5.41, 5.74) is 1.61. The van der Waals surface area contributed by atoms with Gasteiger partial charge in [0.25, 0.3) is 0 Å². The van der Waals surface area contributed by atoms with Crippen molar-refractivity contribution in [1.82, 2.24) is 24.4 Å². The van der Waals surface area contributed by atoms with E-state index in [9.17, 15) is 0 Å². The lowest BCUT2D eigenvalue weighted by Gasteiger charge is -2.19. The molecule has 0 radical (unpaired) electrons. The van der Waals surface area contributed by atoms with Gasteiger partial charge in [0.05, 0.1) is 17.4 Å². The van der Waals surface area contributed by atoms with Crippen LogP contribution in [0.25, 0.3) is 11.2 Å². The van der Waals surface area contributed by atoms with E-state index in [0.29, 0.717) is 11.8 Å². The lowest BCUT2D eigenvalue weighted by molar-refractivity contribution is -0.0120. The monoisotopic (exact) mass is 390 g/mol. The minimum atomic E-state index is -0.0479. The predicted octanol–water partition coefficient (Wildman–Crippen LogP) is 3.27. The van der Waals surface area contributed by atoms with Crippen LogP contribution in [0.4, 0.5) is 5.82 Å². The molecule has 1 fully saturated rings. The molecule has 3 rings (SSSR count). The van der Waals surface area contributed by atoms with E-state index in [4.69, 9.17) is 21.9 Å². The number of hydrogen-bond acceptors (Lipinski definition) is 6. The number of rotatable bonds is 6. The molecular weight excluding hydrogens is 360 g/mol. The first-order chi connectivity index (χ1) is 12.9. The van der Waals surface area contributed by atoms with Gasteiger partial charge in [-0.05, 0) is 19.3 Å². The van der Waals surface area contributed by atoms with Crippen molar-refractivity contribution in [3.63, 3.8) is 0 Å². The number of nitrogens with one attached hydrogen (secondary N) is 1. The molecule has 1 aliphatic heterocycles. The van der Waals surface area contributed by atoms with Crippen LogP contribution in [0.3, 0.4) is 0 Å². The van der Waals surface area contributed by atoms with Gasteiger partial charge in [-0.3, -0.25) is 4.57 Å². The summed E-state index contributed by atoms with van der Waals surface area (Å²) in [4.78, 5) is 16.9. The highest BCUT2D eigenvalue weighted by molar-refractivity contribution is 7.80. The first-order valence-electron chi connectivity index (χ1n) is 9.65. The zero-order chi connectivity index (χ0) is 19.7. The van der Waals surface area contributed by atoms with Gasteiger partial charge in [-0.15, -0.1) is 0 Å². The fourth-order valence-electron chi connectivity index (χ4n) is 3.67. The van der Waals surface area contributed by atoms with Gasteiger partial charge >= 0.3 is 0 Å². The van der Waals surface area contributed by atoms with Crippen molar-refractivity contribution < 1.29 is 4.74 Å². The maximum atomic E-state index is 6.35. The smallest absolute Gasteiger partial charge is 0.167 e.